The number of benzene rings is 2. The van der Waals surface area contributed by atoms with E-state index in [4.69, 9.17) is 11.6 Å². The van der Waals surface area contributed by atoms with Crippen molar-refractivity contribution in [3.8, 4) is 0 Å². The van der Waals surface area contributed by atoms with Crippen molar-refractivity contribution in [2.75, 3.05) is 16.8 Å². The van der Waals surface area contributed by atoms with Gasteiger partial charge >= 0.3 is 0 Å². The number of nitrogens with zero attached hydrogens (tertiary/aromatic N) is 1. The first kappa shape index (κ1) is 16.9. The molecule has 0 aromatic heterocycles. The van der Waals surface area contributed by atoms with Crippen LogP contribution >= 0.6 is 11.6 Å². The average Bonchev–Trinajstić information content (AvgIpc) is 2.49. The van der Waals surface area contributed by atoms with Gasteiger partial charge in [-0.05, 0) is 42.5 Å². The van der Waals surface area contributed by atoms with Gasteiger partial charge in [-0.15, -0.1) is 0 Å². The van der Waals surface area contributed by atoms with Gasteiger partial charge in [-0.2, -0.15) is 0 Å². The zero-order valence-corrected chi connectivity index (χ0v) is 12.9. The highest BCUT2D eigenvalue weighted by atomic mass is 35.5. The highest BCUT2D eigenvalue weighted by molar-refractivity contribution is 6.31. The van der Waals surface area contributed by atoms with Gasteiger partial charge in [0.25, 0.3) is 0 Å². The van der Waals surface area contributed by atoms with Crippen molar-refractivity contribution in [1.82, 2.24) is 0 Å². The Morgan fingerprint density at radius 3 is 2.35 bits per heavy atom. The van der Waals surface area contributed by atoms with Crippen molar-refractivity contribution >= 4 is 34.8 Å². The summed E-state index contributed by atoms with van der Waals surface area (Å²) in [6.07, 6.45) is 0. The third kappa shape index (κ3) is 4.50. The molecule has 0 radical (unpaired) electrons. The summed E-state index contributed by atoms with van der Waals surface area (Å²) in [5.74, 6) is -1.90. The maximum absolute atomic E-state index is 13.1. The molecule has 0 heterocycles. The molecule has 0 fully saturated rings. The largest absolute Gasteiger partial charge is 0.324 e. The number of hydrogen-bond donors (Lipinski definition) is 1. The second-order valence-corrected chi connectivity index (χ2v) is 5.17. The summed E-state index contributed by atoms with van der Waals surface area (Å²) in [5, 5.41) is 2.40. The van der Waals surface area contributed by atoms with Crippen LogP contribution in [0.4, 0.5) is 20.2 Å². The minimum Gasteiger partial charge on any atom is -0.324 e. The summed E-state index contributed by atoms with van der Waals surface area (Å²) in [7, 11) is 0. The van der Waals surface area contributed by atoms with Crippen LogP contribution in [0.25, 0.3) is 0 Å². The van der Waals surface area contributed by atoms with Crippen molar-refractivity contribution in [3.05, 3.63) is 59.1 Å². The SMILES string of the molecule is CC(=O)N(CC(=O)Nc1ccc(F)c(Cl)c1)c1ccc(F)cc1. The fourth-order valence-corrected chi connectivity index (χ4v) is 2.10. The predicted molar refractivity (Wildman–Crippen MR) is 84.5 cm³/mol. The maximum atomic E-state index is 13.1. The molecule has 120 valence electrons. The third-order valence-corrected chi connectivity index (χ3v) is 3.31. The Bertz CT molecular complexity index is 735. The molecule has 2 rings (SSSR count). The van der Waals surface area contributed by atoms with Gasteiger partial charge < -0.3 is 10.2 Å². The van der Waals surface area contributed by atoms with Crippen LogP contribution in [0, 0.1) is 11.6 Å². The number of amides is 2. The van der Waals surface area contributed by atoms with E-state index in [9.17, 15) is 18.4 Å². The van der Waals surface area contributed by atoms with E-state index in [0.717, 1.165) is 6.07 Å². The molecule has 1 N–H and O–H groups in total. The molecule has 0 saturated heterocycles. The molecule has 0 saturated carbocycles. The fraction of sp³-hybridized carbons (Fsp3) is 0.125. The van der Waals surface area contributed by atoms with Crippen molar-refractivity contribution in [1.29, 1.82) is 0 Å². The van der Waals surface area contributed by atoms with Gasteiger partial charge in [0.15, 0.2) is 0 Å². The first-order chi connectivity index (χ1) is 10.9. The quantitative estimate of drug-likeness (QED) is 0.925. The highest BCUT2D eigenvalue weighted by Crippen LogP contribution is 2.20. The van der Waals surface area contributed by atoms with Crippen LogP contribution in [0.5, 0.6) is 0 Å². The monoisotopic (exact) mass is 338 g/mol. The molecule has 2 amide bonds. The van der Waals surface area contributed by atoms with E-state index in [0.29, 0.717) is 11.4 Å². The van der Waals surface area contributed by atoms with Gasteiger partial charge in [-0.1, -0.05) is 11.6 Å². The van der Waals surface area contributed by atoms with Crippen molar-refractivity contribution < 1.29 is 18.4 Å². The van der Waals surface area contributed by atoms with Crippen LogP contribution in [-0.4, -0.2) is 18.4 Å². The zero-order valence-electron chi connectivity index (χ0n) is 12.1. The molecule has 2 aromatic carbocycles. The number of carbonyl (C=O) groups is 2. The molecular formula is C16H13ClF2N2O2. The Morgan fingerprint density at radius 1 is 1.13 bits per heavy atom. The van der Waals surface area contributed by atoms with Crippen LogP contribution in [-0.2, 0) is 9.59 Å². The van der Waals surface area contributed by atoms with Crippen LogP contribution in [0.15, 0.2) is 42.5 Å². The standard InChI is InChI=1S/C16H13ClF2N2O2/c1-10(22)21(13-5-2-11(18)3-6-13)9-16(23)20-12-4-7-15(19)14(17)8-12/h2-8H,9H2,1H3,(H,20,23). The molecule has 0 aliphatic rings. The Labute approximate surface area is 136 Å². The first-order valence-corrected chi connectivity index (χ1v) is 7.03. The number of halogens is 3. The fourth-order valence-electron chi connectivity index (χ4n) is 1.92. The summed E-state index contributed by atoms with van der Waals surface area (Å²) in [6, 6.07) is 8.95. The molecule has 0 bridgehead atoms. The molecular weight excluding hydrogens is 326 g/mol. The number of carbonyl (C=O) groups excluding carboxylic acids is 2. The Hall–Kier alpha value is -2.47. The van der Waals surface area contributed by atoms with E-state index in [1.54, 1.807) is 0 Å². The molecule has 4 nitrogen and oxygen atoms in total. The third-order valence-electron chi connectivity index (χ3n) is 3.02. The van der Waals surface area contributed by atoms with Gasteiger partial charge in [-0.3, -0.25) is 9.59 Å². The molecule has 2 aromatic rings. The van der Waals surface area contributed by atoms with Gasteiger partial charge in [-0.25, -0.2) is 8.78 Å². The molecule has 0 aliphatic heterocycles. The van der Waals surface area contributed by atoms with E-state index in [1.165, 1.54) is 48.2 Å². The Balaban J connectivity index is 2.10. The summed E-state index contributed by atoms with van der Waals surface area (Å²) in [6.45, 7) is 1.03. The van der Waals surface area contributed by atoms with E-state index in [-0.39, 0.29) is 17.5 Å². The first-order valence-electron chi connectivity index (χ1n) is 6.65. The van der Waals surface area contributed by atoms with Crippen molar-refractivity contribution in [2.24, 2.45) is 0 Å². The second kappa shape index (κ2) is 7.19. The molecule has 23 heavy (non-hydrogen) atoms. The highest BCUT2D eigenvalue weighted by Gasteiger charge is 2.16. The normalized spacial score (nSPS) is 10.3. The summed E-state index contributed by atoms with van der Waals surface area (Å²) >= 11 is 5.64. The molecule has 0 aliphatic carbocycles. The number of hydrogen-bond acceptors (Lipinski definition) is 2. The number of nitrogens with one attached hydrogen (secondary N) is 1. The lowest BCUT2D eigenvalue weighted by Gasteiger charge is -2.20. The molecule has 0 unspecified atom stereocenters. The lowest BCUT2D eigenvalue weighted by Crippen LogP contribution is -2.36. The summed E-state index contributed by atoms with van der Waals surface area (Å²) < 4.78 is 26.0. The van der Waals surface area contributed by atoms with E-state index < -0.39 is 17.5 Å². The van der Waals surface area contributed by atoms with Gasteiger partial charge in [0, 0.05) is 18.3 Å². The van der Waals surface area contributed by atoms with Crippen LogP contribution in [0.3, 0.4) is 0 Å². The minimum absolute atomic E-state index is 0.121. The van der Waals surface area contributed by atoms with Gasteiger partial charge in [0.1, 0.15) is 18.2 Å². The minimum atomic E-state index is -0.596. The van der Waals surface area contributed by atoms with E-state index in [1.807, 2.05) is 0 Å². The second-order valence-electron chi connectivity index (χ2n) is 4.76. The number of anilines is 2. The lowest BCUT2D eigenvalue weighted by atomic mass is 10.2. The average molecular weight is 339 g/mol. The van der Waals surface area contributed by atoms with Crippen molar-refractivity contribution in [2.45, 2.75) is 6.92 Å². The van der Waals surface area contributed by atoms with Crippen LogP contribution < -0.4 is 10.2 Å². The maximum Gasteiger partial charge on any atom is 0.244 e. The van der Waals surface area contributed by atoms with Gasteiger partial charge in [0.2, 0.25) is 11.8 Å². The van der Waals surface area contributed by atoms with Crippen LogP contribution in [0.2, 0.25) is 5.02 Å². The Kier molecular flexibility index (Phi) is 5.28. The molecule has 0 atom stereocenters. The van der Waals surface area contributed by atoms with Crippen molar-refractivity contribution in [3.63, 3.8) is 0 Å². The number of rotatable bonds is 4. The lowest BCUT2D eigenvalue weighted by molar-refractivity contribution is -0.120. The predicted octanol–water partition coefficient (Wildman–Crippen LogP) is 3.61. The van der Waals surface area contributed by atoms with Crippen LogP contribution in [0.1, 0.15) is 6.92 Å². The van der Waals surface area contributed by atoms with Gasteiger partial charge in [0.05, 0.1) is 5.02 Å². The zero-order chi connectivity index (χ0) is 17.0. The summed E-state index contributed by atoms with van der Waals surface area (Å²) in [4.78, 5) is 24.9. The van der Waals surface area contributed by atoms with E-state index in [2.05, 4.69) is 5.32 Å². The topological polar surface area (TPSA) is 49.4 Å². The Morgan fingerprint density at radius 2 is 1.78 bits per heavy atom. The smallest absolute Gasteiger partial charge is 0.244 e. The molecule has 7 heteroatoms. The van der Waals surface area contributed by atoms with E-state index >= 15 is 0 Å². The summed E-state index contributed by atoms with van der Waals surface area (Å²) in [5.41, 5.74) is 0.704. The molecule has 0 spiro atoms.